The summed E-state index contributed by atoms with van der Waals surface area (Å²) in [4.78, 5) is 4.10. The average molecular weight is 271 g/mol. The van der Waals surface area contributed by atoms with Crippen LogP contribution in [0.5, 0.6) is 5.75 Å². The second kappa shape index (κ2) is 7.27. The second-order valence-corrected chi connectivity index (χ2v) is 4.03. The Morgan fingerprint density at radius 2 is 2.15 bits per heavy atom. The van der Waals surface area contributed by atoms with Gasteiger partial charge in [-0.3, -0.25) is 4.98 Å². The molecule has 102 valence electrons. The maximum absolute atomic E-state index is 13.6. The number of hydrogen-bond acceptors (Lipinski definition) is 3. The molecule has 1 heterocycles. The zero-order valence-corrected chi connectivity index (χ0v) is 10.8. The summed E-state index contributed by atoms with van der Waals surface area (Å²) >= 11 is 0. The first-order valence-corrected chi connectivity index (χ1v) is 6.21. The molecule has 0 amide bonds. The van der Waals surface area contributed by atoms with Gasteiger partial charge in [0.15, 0.2) is 11.6 Å². The number of nitrogens with zero attached hydrogens (tertiary/aromatic N) is 1. The summed E-state index contributed by atoms with van der Waals surface area (Å²) in [7, 11) is 0. The van der Waals surface area contributed by atoms with Crippen molar-refractivity contribution in [1.29, 1.82) is 0 Å². The van der Waals surface area contributed by atoms with Gasteiger partial charge in [0.1, 0.15) is 6.61 Å². The first-order valence-electron chi connectivity index (χ1n) is 6.21. The SMILES string of the molecule is OCCC#Cc1ccc(F)c(OCc2ccccn2)c1. The van der Waals surface area contributed by atoms with Crippen LogP contribution >= 0.6 is 0 Å². The number of aliphatic hydroxyl groups is 1. The zero-order valence-electron chi connectivity index (χ0n) is 10.8. The summed E-state index contributed by atoms with van der Waals surface area (Å²) < 4.78 is 19.0. The number of benzene rings is 1. The Morgan fingerprint density at radius 1 is 1.25 bits per heavy atom. The van der Waals surface area contributed by atoms with Gasteiger partial charge >= 0.3 is 0 Å². The van der Waals surface area contributed by atoms with Gasteiger partial charge < -0.3 is 9.84 Å². The number of hydrogen-bond donors (Lipinski definition) is 1. The first kappa shape index (κ1) is 14.0. The van der Waals surface area contributed by atoms with Gasteiger partial charge in [0.05, 0.1) is 12.3 Å². The van der Waals surface area contributed by atoms with Crippen LogP contribution in [-0.4, -0.2) is 16.7 Å². The third-order valence-electron chi connectivity index (χ3n) is 2.50. The average Bonchev–Trinajstić information content (AvgIpc) is 2.49. The van der Waals surface area contributed by atoms with Crippen LogP contribution in [0.1, 0.15) is 17.7 Å². The van der Waals surface area contributed by atoms with E-state index >= 15 is 0 Å². The third kappa shape index (κ3) is 4.08. The lowest BCUT2D eigenvalue weighted by molar-refractivity contribution is 0.286. The molecule has 4 heteroatoms. The molecule has 0 aliphatic rings. The fraction of sp³-hybridized carbons (Fsp3) is 0.188. The summed E-state index contributed by atoms with van der Waals surface area (Å²) in [5, 5.41) is 8.66. The van der Waals surface area contributed by atoms with Crippen LogP contribution in [0.25, 0.3) is 0 Å². The Kier molecular flexibility index (Phi) is 5.10. The minimum absolute atomic E-state index is 0.0111. The number of aliphatic hydroxyl groups excluding tert-OH is 1. The normalized spacial score (nSPS) is 9.70. The lowest BCUT2D eigenvalue weighted by Crippen LogP contribution is -1.99. The Balaban J connectivity index is 2.07. The van der Waals surface area contributed by atoms with Crippen molar-refractivity contribution in [3.63, 3.8) is 0 Å². The molecule has 0 atom stereocenters. The topological polar surface area (TPSA) is 42.4 Å². The monoisotopic (exact) mass is 271 g/mol. The Bertz CT molecular complexity index is 617. The standard InChI is InChI=1S/C16H14FNO2/c17-15-8-7-13(5-2-4-10-19)11-16(15)20-12-14-6-1-3-9-18-14/h1,3,6-9,11,19H,4,10,12H2. The lowest BCUT2D eigenvalue weighted by atomic mass is 10.2. The highest BCUT2D eigenvalue weighted by Crippen LogP contribution is 2.19. The molecule has 0 aliphatic heterocycles. The van der Waals surface area contributed by atoms with Gasteiger partial charge in [0.25, 0.3) is 0 Å². The second-order valence-electron chi connectivity index (χ2n) is 4.03. The van der Waals surface area contributed by atoms with Crippen molar-refractivity contribution >= 4 is 0 Å². The molecular formula is C16H14FNO2. The van der Waals surface area contributed by atoms with Crippen LogP contribution in [0.15, 0.2) is 42.6 Å². The molecule has 0 unspecified atom stereocenters. The van der Waals surface area contributed by atoms with E-state index in [1.165, 1.54) is 6.07 Å². The predicted octanol–water partition coefficient (Wildman–Crippen LogP) is 2.53. The van der Waals surface area contributed by atoms with Crippen LogP contribution in [0.2, 0.25) is 0 Å². The van der Waals surface area contributed by atoms with Crippen LogP contribution in [0.3, 0.4) is 0 Å². The van der Waals surface area contributed by atoms with Gasteiger partial charge in [-0.2, -0.15) is 0 Å². The van der Waals surface area contributed by atoms with Gasteiger partial charge in [-0.1, -0.05) is 17.9 Å². The van der Waals surface area contributed by atoms with E-state index < -0.39 is 5.82 Å². The molecule has 2 rings (SSSR count). The van der Waals surface area contributed by atoms with Gasteiger partial charge in [0, 0.05) is 18.2 Å². The van der Waals surface area contributed by atoms with Crippen molar-refractivity contribution in [2.24, 2.45) is 0 Å². The third-order valence-corrected chi connectivity index (χ3v) is 2.50. The largest absolute Gasteiger partial charge is 0.484 e. The molecule has 0 fully saturated rings. The number of halogens is 1. The van der Waals surface area contributed by atoms with E-state index in [9.17, 15) is 4.39 Å². The first-order chi connectivity index (χ1) is 9.79. The van der Waals surface area contributed by atoms with E-state index in [1.807, 2.05) is 12.1 Å². The van der Waals surface area contributed by atoms with Crippen molar-refractivity contribution in [2.75, 3.05) is 6.61 Å². The molecule has 0 saturated carbocycles. The van der Waals surface area contributed by atoms with E-state index in [1.54, 1.807) is 24.4 Å². The van der Waals surface area contributed by atoms with Crippen molar-refractivity contribution in [1.82, 2.24) is 4.98 Å². The Labute approximate surface area is 117 Å². The molecule has 0 aliphatic carbocycles. The minimum Gasteiger partial charge on any atom is -0.484 e. The molecule has 1 aromatic heterocycles. The van der Waals surface area contributed by atoms with Crippen molar-refractivity contribution < 1.29 is 14.2 Å². The quantitative estimate of drug-likeness (QED) is 0.869. The highest BCUT2D eigenvalue weighted by molar-refractivity contribution is 5.40. The van der Waals surface area contributed by atoms with Crippen molar-refractivity contribution in [3.05, 3.63) is 59.7 Å². The van der Waals surface area contributed by atoms with Gasteiger partial charge in [0.2, 0.25) is 0 Å². The summed E-state index contributed by atoms with van der Waals surface area (Å²) in [5.74, 6) is 5.33. The lowest BCUT2D eigenvalue weighted by Gasteiger charge is -2.07. The molecule has 2 aromatic rings. The van der Waals surface area contributed by atoms with E-state index in [0.717, 1.165) is 5.69 Å². The molecule has 0 bridgehead atoms. The smallest absolute Gasteiger partial charge is 0.165 e. The van der Waals surface area contributed by atoms with Crippen LogP contribution < -0.4 is 4.74 Å². The fourth-order valence-corrected chi connectivity index (χ4v) is 1.55. The van der Waals surface area contributed by atoms with Gasteiger partial charge in [-0.05, 0) is 30.3 Å². The Hall–Kier alpha value is -2.38. The van der Waals surface area contributed by atoms with E-state index in [2.05, 4.69) is 16.8 Å². The van der Waals surface area contributed by atoms with Crippen LogP contribution in [-0.2, 0) is 6.61 Å². The molecular weight excluding hydrogens is 257 g/mol. The van der Waals surface area contributed by atoms with Crippen LogP contribution in [0.4, 0.5) is 4.39 Å². The zero-order chi connectivity index (χ0) is 14.2. The number of pyridine rings is 1. The van der Waals surface area contributed by atoms with E-state index in [-0.39, 0.29) is 19.0 Å². The molecule has 20 heavy (non-hydrogen) atoms. The van der Waals surface area contributed by atoms with E-state index in [4.69, 9.17) is 9.84 Å². The molecule has 0 saturated heterocycles. The number of aromatic nitrogens is 1. The Morgan fingerprint density at radius 3 is 2.90 bits per heavy atom. The highest BCUT2D eigenvalue weighted by atomic mass is 19.1. The number of rotatable bonds is 4. The minimum atomic E-state index is -0.436. The maximum atomic E-state index is 13.6. The summed E-state index contributed by atoms with van der Waals surface area (Å²) in [6, 6.07) is 9.90. The molecule has 0 radical (unpaired) electrons. The summed E-state index contributed by atoms with van der Waals surface area (Å²) in [6.07, 6.45) is 2.05. The van der Waals surface area contributed by atoms with E-state index in [0.29, 0.717) is 12.0 Å². The molecule has 1 aromatic carbocycles. The summed E-state index contributed by atoms with van der Waals surface area (Å²) in [5.41, 5.74) is 1.37. The molecule has 0 spiro atoms. The molecule has 3 nitrogen and oxygen atoms in total. The number of ether oxygens (including phenoxy) is 1. The van der Waals surface area contributed by atoms with Crippen LogP contribution in [0, 0.1) is 17.7 Å². The van der Waals surface area contributed by atoms with Crippen molar-refractivity contribution in [2.45, 2.75) is 13.0 Å². The highest BCUT2D eigenvalue weighted by Gasteiger charge is 2.04. The van der Waals surface area contributed by atoms with Gasteiger partial charge in [-0.25, -0.2) is 4.39 Å². The summed E-state index contributed by atoms with van der Waals surface area (Å²) in [6.45, 7) is 0.211. The fourth-order valence-electron chi connectivity index (χ4n) is 1.55. The predicted molar refractivity (Wildman–Crippen MR) is 73.5 cm³/mol. The maximum Gasteiger partial charge on any atom is 0.165 e. The van der Waals surface area contributed by atoms with Gasteiger partial charge in [-0.15, -0.1) is 0 Å². The van der Waals surface area contributed by atoms with Crippen molar-refractivity contribution in [3.8, 4) is 17.6 Å². The molecule has 1 N–H and O–H groups in total.